The van der Waals surface area contributed by atoms with Crippen LogP contribution in [0.15, 0.2) is 42.5 Å². The molecule has 1 unspecified atom stereocenters. The minimum absolute atomic E-state index is 0.0438. The zero-order chi connectivity index (χ0) is 18.9. The van der Waals surface area contributed by atoms with Gasteiger partial charge in [0.05, 0.1) is 12.6 Å². The van der Waals surface area contributed by atoms with Gasteiger partial charge in [0.25, 0.3) is 0 Å². The molecule has 0 spiro atoms. The van der Waals surface area contributed by atoms with Crippen LogP contribution < -0.4 is 5.32 Å². The van der Waals surface area contributed by atoms with Gasteiger partial charge in [0.2, 0.25) is 5.91 Å². The number of esters is 2. The molecule has 0 aliphatic heterocycles. The summed E-state index contributed by atoms with van der Waals surface area (Å²) in [6, 6.07) is 8.75. The van der Waals surface area contributed by atoms with E-state index in [0.29, 0.717) is 0 Å². The first-order chi connectivity index (χ1) is 11.7. The van der Waals surface area contributed by atoms with Crippen LogP contribution in [-0.2, 0) is 23.9 Å². The third-order valence-corrected chi connectivity index (χ3v) is 3.22. The van der Waals surface area contributed by atoms with Crippen LogP contribution in [0.3, 0.4) is 0 Å². The highest BCUT2D eigenvalue weighted by Crippen LogP contribution is 2.18. The molecule has 0 aromatic heterocycles. The van der Waals surface area contributed by atoms with Crippen LogP contribution in [0.4, 0.5) is 0 Å². The Morgan fingerprint density at radius 1 is 1.04 bits per heavy atom. The van der Waals surface area contributed by atoms with Gasteiger partial charge in [-0.2, -0.15) is 0 Å². The summed E-state index contributed by atoms with van der Waals surface area (Å²) in [5.41, 5.74) is 0.253. The lowest BCUT2D eigenvalue weighted by Crippen LogP contribution is -2.39. The quantitative estimate of drug-likeness (QED) is 0.605. The molecule has 6 heteroatoms. The van der Waals surface area contributed by atoms with Crippen molar-refractivity contribution < 1.29 is 23.9 Å². The van der Waals surface area contributed by atoms with Crippen molar-refractivity contribution in [3.63, 3.8) is 0 Å². The lowest BCUT2D eigenvalue weighted by Gasteiger charge is -2.24. The molecule has 0 aliphatic rings. The van der Waals surface area contributed by atoms with Crippen LogP contribution in [0.25, 0.3) is 0 Å². The second kappa shape index (κ2) is 9.61. The van der Waals surface area contributed by atoms with E-state index in [1.807, 2.05) is 30.3 Å². The van der Waals surface area contributed by atoms with Crippen LogP contribution >= 0.6 is 0 Å². The molecular weight excluding hydrogens is 322 g/mol. The third-order valence-electron chi connectivity index (χ3n) is 3.22. The van der Waals surface area contributed by atoms with Crippen molar-refractivity contribution in [2.24, 2.45) is 5.41 Å². The summed E-state index contributed by atoms with van der Waals surface area (Å²) in [4.78, 5) is 35.2. The summed E-state index contributed by atoms with van der Waals surface area (Å²) in [5, 5.41) is 2.88. The number of amides is 1. The standard InChI is InChI=1S/C19H25NO5/c1-5-24-16(21)11-12-17(22)25-13-15(14-9-7-6-8-10-14)20-18(23)19(2,3)4/h6-12,15H,5,13H2,1-4H3,(H,20,23)/b12-11+. The Hall–Kier alpha value is -2.63. The number of hydrogen-bond donors (Lipinski definition) is 1. The van der Waals surface area contributed by atoms with Gasteiger partial charge in [0, 0.05) is 17.6 Å². The fourth-order valence-corrected chi connectivity index (χ4v) is 1.82. The van der Waals surface area contributed by atoms with Gasteiger partial charge in [-0.3, -0.25) is 4.79 Å². The molecule has 0 saturated carbocycles. The predicted molar refractivity (Wildman–Crippen MR) is 93.5 cm³/mol. The Morgan fingerprint density at radius 3 is 2.12 bits per heavy atom. The molecule has 1 amide bonds. The number of benzene rings is 1. The highest BCUT2D eigenvalue weighted by molar-refractivity contribution is 5.91. The maximum Gasteiger partial charge on any atom is 0.331 e. The van der Waals surface area contributed by atoms with Crippen LogP contribution in [0.5, 0.6) is 0 Å². The van der Waals surface area contributed by atoms with Crippen LogP contribution in [0.1, 0.15) is 39.3 Å². The Kier molecular flexibility index (Phi) is 7.85. The van der Waals surface area contributed by atoms with Gasteiger partial charge in [-0.05, 0) is 12.5 Å². The van der Waals surface area contributed by atoms with Gasteiger partial charge < -0.3 is 14.8 Å². The van der Waals surface area contributed by atoms with Crippen molar-refractivity contribution in [1.82, 2.24) is 5.32 Å². The molecule has 0 saturated heterocycles. The normalized spacial score (nSPS) is 12.5. The lowest BCUT2D eigenvalue weighted by molar-refractivity contribution is -0.141. The van der Waals surface area contributed by atoms with Crippen LogP contribution in [-0.4, -0.2) is 31.1 Å². The predicted octanol–water partition coefficient (Wildman–Crippen LogP) is 2.55. The largest absolute Gasteiger partial charge is 0.463 e. The van der Waals surface area contributed by atoms with E-state index in [0.717, 1.165) is 17.7 Å². The Labute approximate surface area is 148 Å². The van der Waals surface area contributed by atoms with Crippen molar-refractivity contribution in [2.45, 2.75) is 33.7 Å². The monoisotopic (exact) mass is 347 g/mol. The molecule has 1 atom stereocenters. The zero-order valence-corrected chi connectivity index (χ0v) is 15.1. The van der Waals surface area contributed by atoms with Crippen molar-refractivity contribution >= 4 is 17.8 Å². The summed E-state index contributed by atoms with van der Waals surface area (Å²) < 4.78 is 9.84. The molecule has 1 N–H and O–H groups in total. The summed E-state index contributed by atoms with van der Waals surface area (Å²) in [7, 11) is 0. The molecule has 0 aliphatic carbocycles. The van der Waals surface area contributed by atoms with Crippen molar-refractivity contribution in [1.29, 1.82) is 0 Å². The molecule has 0 fully saturated rings. The fraction of sp³-hybridized carbons (Fsp3) is 0.421. The van der Waals surface area contributed by atoms with E-state index in [1.54, 1.807) is 27.7 Å². The SMILES string of the molecule is CCOC(=O)/C=C/C(=O)OCC(NC(=O)C(C)(C)C)c1ccccc1. The van der Waals surface area contributed by atoms with Gasteiger partial charge in [0.15, 0.2) is 0 Å². The lowest BCUT2D eigenvalue weighted by atomic mass is 9.94. The van der Waals surface area contributed by atoms with Gasteiger partial charge in [-0.15, -0.1) is 0 Å². The average Bonchev–Trinajstić information content (AvgIpc) is 2.56. The van der Waals surface area contributed by atoms with E-state index in [1.165, 1.54) is 0 Å². The third kappa shape index (κ3) is 7.65. The first-order valence-corrected chi connectivity index (χ1v) is 8.11. The van der Waals surface area contributed by atoms with E-state index in [4.69, 9.17) is 4.74 Å². The average molecular weight is 347 g/mol. The van der Waals surface area contributed by atoms with Crippen LogP contribution in [0, 0.1) is 5.41 Å². The highest BCUT2D eigenvalue weighted by atomic mass is 16.5. The van der Waals surface area contributed by atoms with E-state index in [2.05, 4.69) is 10.1 Å². The number of hydrogen-bond acceptors (Lipinski definition) is 5. The first-order valence-electron chi connectivity index (χ1n) is 8.11. The van der Waals surface area contributed by atoms with Gasteiger partial charge in [-0.1, -0.05) is 51.1 Å². The number of carbonyl (C=O) groups is 3. The molecule has 6 nitrogen and oxygen atoms in total. The molecule has 1 aromatic rings. The molecule has 1 rings (SSSR count). The van der Waals surface area contributed by atoms with Gasteiger partial charge in [-0.25, -0.2) is 9.59 Å². The topological polar surface area (TPSA) is 81.7 Å². The fourth-order valence-electron chi connectivity index (χ4n) is 1.82. The molecule has 0 heterocycles. The number of ether oxygens (including phenoxy) is 2. The van der Waals surface area contributed by atoms with Crippen LogP contribution in [0.2, 0.25) is 0 Å². The summed E-state index contributed by atoms with van der Waals surface area (Å²) >= 11 is 0. The Morgan fingerprint density at radius 2 is 1.60 bits per heavy atom. The molecular formula is C19H25NO5. The van der Waals surface area contributed by atoms with E-state index < -0.39 is 23.4 Å². The first kappa shape index (κ1) is 20.4. The van der Waals surface area contributed by atoms with Gasteiger partial charge >= 0.3 is 11.9 Å². The second-order valence-corrected chi connectivity index (χ2v) is 6.40. The number of rotatable bonds is 7. The summed E-state index contributed by atoms with van der Waals surface area (Å²) in [6.45, 7) is 7.27. The smallest absolute Gasteiger partial charge is 0.331 e. The van der Waals surface area contributed by atoms with E-state index in [9.17, 15) is 14.4 Å². The summed E-state index contributed by atoms with van der Waals surface area (Å²) in [6.07, 6.45) is 2.02. The maximum atomic E-state index is 12.3. The highest BCUT2D eigenvalue weighted by Gasteiger charge is 2.25. The van der Waals surface area contributed by atoms with E-state index in [-0.39, 0.29) is 19.1 Å². The molecule has 0 radical (unpaired) electrons. The molecule has 0 bridgehead atoms. The summed E-state index contributed by atoms with van der Waals surface area (Å²) in [5.74, 6) is -1.45. The molecule has 25 heavy (non-hydrogen) atoms. The maximum absolute atomic E-state index is 12.3. The molecule has 1 aromatic carbocycles. The minimum atomic E-state index is -0.681. The van der Waals surface area contributed by atoms with Crippen molar-refractivity contribution in [3.05, 3.63) is 48.0 Å². The Balaban J connectivity index is 2.73. The zero-order valence-electron chi connectivity index (χ0n) is 15.1. The second-order valence-electron chi connectivity index (χ2n) is 6.40. The van der Waals surface area contributed by atoms with Crippen molar-refractivity contribution in [2.75, 3.05) is 13.2 Å². The molecule has 136 valence electrons. The minimum Gasteiger partial charge on any atom is -0.463 e. The van der Waals surface area contributed by atoms with Crippen molar-refractivity contribution in [3.8, 4) is 0 Å². The number of carbonyl (C=O) groups excluding carboxylic acids is 3. The number of nitrogens with one attached hydrogen (secondary N) is 1. The van der Waals surface area contributed by atoms with E-state index >= 15 is 0 Å². The Bertz CT molecular complexity index is 616. The van der Waals surface area contributed by atoms with Gasteiger partial charge in [0.1, 0.15) is 6.61 Å².